The van der Waals surface area contributed by atoms with Gasteiger partial charge in [0.2, 0.25) is 0 Å². The van der Waals surface area contributed by atoms with Crippen LogP contribution < -0.4 is 9.54 Å². The third-order valence-corrected chi connectivity index (χ3v) is 6.50. The van der Waals surface area contributed by atoms with E-state index in [9.17, 15) is 9.59 Å². The number of ether oxygens (including phenoxy) is 2. The van der Waals surface area contributed by atoms with E-state index in [0.717, 1.165) is 21.0 Å². The van der Waals surface area contributed by atoms with E-state index in [-0.39, 0.29) is 6.54 Å². The molecule has 0 spiro atoms. The summed E-state index contributed by atoms with van der Waals surface area (Å²) in [6.45, 7) is -0.0525. The van der Waals surface area contributed by atoms with Crippen LogP contribution in [0.2, 0.25) is 0 Å². The fourth-order valence-electron chi connectivity index (χ4n) is 3.73. The van der Waals surface area contributed by atoms with Gasteiger partial charge in [-0.3, -0.25) is 9.59 Å². The van der Waals surface area contributed by atoms with Gasteiger partial charge in [-0.05, 0) is 35.7 Å². The Morgan fingerprint density at radius 2 is 1.62 bits per heavy atom. The summed E-state index contributed by atoms with van der Waals surface area (Å²) in [7, 11) is 1.34. The van der Waals surface area contributed by atoms with Crippen molar-refractivity contribution in [1.82, 2.24) is 4.57 Å². The van der Waals surface area contributed by atoms with Gasteiger partial charge in [-0.1, -0.05) is 72.0 Å². The molecule has 168 valence electrons. The van der Waals surface area contributed by atoms with Crippen LogP contribution in [0.25, 0.3) is 21.0 Å². The van der Waals surface area contributed by atoms with Crippen LogP contribution in [0.15, 0.2) is 96.0 Å². The molecule has 0 aliphatic rings. The predicted molar refractivity (Wildman–Crippen MR) is 132 cm³/mol. The third-order valence-electron chi connectivity index (χ3n) is 5.37. The molecule has 34 heavy (non-hydrogen) atoms. The Kier molecular flexibility index (Phi) is 5.93. The number of aromatic nitrogens is 1. The molecule has 0 saturated heterocycles. The molecule has 1 heterocycles. The smallest absolute Gasteiger partial charge is 0.325 e. The number of rotatable bonds is 5. The summed E-state index contributed by atoms with van der Waals surface area (Å²) in [5.41, 5.74) is 1.15. The van der Waals surface area contributed by atoms with Crippen LogP contribution in [0.3, 0.4) is 0 Å². The van der Waals surface area contributed by atoms with Crippen molar-refractivity contribution in [3.63, 3.8) is 0 Å². The predicted octanol–water partition coefficient (Wildman–Crippen LogP) is 5.56. The van der Waals surface area contributed by atoms with Crippen molar-refractivity contribution >= 4 is 44.2 Å². The average Bonchev–Trinajstić information content (AvgIpc) is 3.22. The molecule has 5 rings (SSSR count). The molecule has 0 radical (unpaired) electrons. The Hall–Kier alpha value is -4.23. The van der Waals surface area contributed by atoms with Crippen LogP contribution in [-0.2, 0) is 16.1 Å². The number of carbonyl (C=O) groups excluding carboxylic acids is 2. The molecule has 0 fully saturated rings. The topological polar surface area (TPSA) is 69.9 Å². The van der Waals surface area contributed by atoms with Gasteiger partial charge in [0.05, 0.1) is 22.9 Å². The van der Waals surface area contributed by atoms with Crippen LogP contribution in [0.1, 0.15) is 10.4 Å². The SMILES string of the molecule is COC(=O)Cn1c(=NC(=O)c2ccccc2Oc2ccccc2)sc2c3ccccc3ccc21. The van der Waals surface area contributed by atoms with Crippen LogP contribution in [0, 0.1) is 0 Å². The summed E-state index contributed by atoms with van der Waals surface area (Å²) in [5.74, 6) is 0.154. The molecule has 0 aliphatic carbocycles. The van der Waals surface area contributed by atoms with Gasteiger partial charge >= 0.3 is 5.97 Å². The molecule has 4 aromatic carbocycles. The zero-order chi connectivity index (χ0) is 23.5. The number of esters is 1. The van der Waals surface area contributed by atoms with Crippen molar-refractivity contribution in [2.24, 2.45) is 4.99 Å². The van der Waals surface area contributed by atoms with Gasteiger partial charge in [0.15, 0.2) is 4.80 Å². The lowest BCUT2D eigenvalue weighted by Crippen LogP contribution is -2.22. The van der Waals surface area contributed by atoms with E-state index in [2.05, 4.69) is 4.99 Å². The normalized spacial score (nSPS) is 11.6. The Bertz CT molecular complexity index is 1590. The highest BCUT2D eigenvalue weighted by molar-refractivity contribution is 7.17. The lowest BCUT2D eigenvalue weighted by Gasteiger charge is -2.08. The molecular formula is C27H20N2O4S. The van der Waals surface area contributed by atoms with Crippen molar-refractivity contribution in [1.29, 1.82) is 0 Å². The molecule has 1 amide bonds. The summed E-state index contributed by atoms with van der Waals surface area (Å²) in [6.07, 6.45) is 0. The van der Waals surface area contributed by atoms with E-state index in [1.54, 1.807) is 28.8 Å². The van der Waals surface area contributed by atoms with E-state index in [4.69, 9.17) is 9.47 Å². The third kappa shape index (κ3) is 4.21. The van der Waals surface area contributed by atoms with Gasteiger partial charge in [0.1, 0.15) is 18.0 Å². The number of benzene rings is 4. The molecular weight excluding hydrogens is 448 g/mol. The van der Waals surface area contributed by atoms with Crippen molar-refractivity contribution in [2.75, 3.05) is 7.11 Å². The largest absolute Gasteiger partial charge is 0.468 e. The average molecular weight is 469 g/mol. The maximum absolute atomic E-state index is 13.3. The van der Waals surface area contributed by atoms with Gasteiger partial charge < -0.3 is 14.0 Å². The van der Waals surface area contributed by atoms with Gasteiger partial charge in [-0.25, -0.2) is 0 Å². The van der Waals surface area contributed by atoms with E-state index >= 15 is 0 Å². The Morgan fingerprint density at radius 1 is 0.882 bits per heavy atom. The number of fused-ring (bicyclic) bond motifs is 3. The molecule has 7 heteroatoms. The molecule has 0 bridgehead atoms. The van der Waals surface area contributed by atoms with E-state index in [1.807, 2.05) is 66.7 Å². The maximum atomic E-state index is 13.3. The van der Waals surface area contributed by atoms with Crippen molar-refractivity contribution in [3.05, 3.63) is 101 Å². The fraction of sp³-hybridized carbons (Fsp3) is 0.0741. The summed E-state index contributed by atoms with van der Waals surface area (Å²) in [6, 6.07) is 28.2. The number of carbonyl (C=O) groups is 2. The second-order valence-electron chi connectivity index (χ2n) is 7.51. The first-order chi connectivity index (χ1) is 16.6. The van der Waals surface area contributed by atoms with Crippen LogP contribution in [0.4, 0.5) is 0 Å². The molecule has 0 saturated carbocycles. The van der Waals surface area contributed by atoms with E-state index in [1.165, 1.54) is 18.4 Å². The Morgan fingerprint density at radius 3 is 2.44 bits per heavy atom. The van der Waals surface area contributed by atoms with Crippen LogP contribution in [-0.4, -0.2) is 23.6 Å². The lowest BCUT2D eigenvalue weighted by atomic mass is 10.1. The quantitative estimate of drug-likeness (QED) is 0.317. The number of nitrogens with zero attached hydrogens (tertiary/aromatic N) is 2. The molecule has 0 atom stereocenters. The number of amides is 1. The molecule has 1 aromatic heterocycles. The van der Waals surface area contributed by atoms with Gasteiger partial charge in [-0.15, -0.1) is 0 Å². The van der Waals surface area contributed by atoms with E-state index < -0.39 is 11.9 Å². The molecule has 0 unspecified atom stereocenters. The summed E-state index contributed by atoms with van der Waals surface area (Å²) in [4.78, 5) is 30.3. The van der Waals surface area contributed by atoms with E-state index in [0.29, 0.717) is 21.9 Å². The van der Waals surface area contributed by atoms with Crippen LogP contribution in [0.5, 0.6) is 11.5 Å². The Labute approximate surface area is 199 Å². The highest BCUT2D eigenvalue weighted by Crippen LogP contribution is 2.29. The first kappa shape index (κ1) is 21.6. The molecule has 0 aliphatic heterocycles. The van der Waals surface area contributed by atoms with Gasteiger partial charge in [-0.2, -0.15) is 4.99 Å². The molecule has 0 N–H and O–H groups in total. The van der Waals surface area contributed by atoms with Crippen molar-refractivity contribution in [3.8, 4) is 11.5 Å². The molecule has 6 nitrogen and oxygen atoms in total. The zero-order valence-electron chi connectivity index (χ0n) is 18.3. The number of thiazole rings is 1. The maximum Gasteiger partial charge on any atom is 0.325 e. The minimum atomic E-state index is -0.457. The first-order valence-corrected chi connectivity index (χ1v) is 11.4. The second-order valence-corrected chi connectivity index (χ2v) is 8.49. The lowest BCUT2D eigenvalue weighted by molar-refractivity contribution is -0.141. The summed E-state index contributed by atoms with van der Waals surface area (Å²) < 4.78 is 13.5. The van der Waals surface area contributed by atoms with Gasteiger partial charge in [0, 0.05) is 5.39 Å². The molecule has 5 aromatic rings. The number of hydrogen-bond acceptors (Lipinski definition) is 5. The standard InChI is InChI=1S/C27H20N2O4S/c1-32-24(30)17-29-22-16-15-18-9-5-6-12-20(18)25(22)34-27(29)28-26(31)21-13-7-8-14-23(21)33-19-10-3-2-4-11-19/h2-16H,17H2,1H3. The monoisotopic (exact) mass is 468 g/mol. The van der Waals surface area contributed by atoms with Gasteiger partial charge in [0.25, 0.3) is 5.91 Å². The fourth-order valence-corrected chi connectivity index (χ4v) is 4.89. The zero-order valence-corrected chi connectivity index (χ0v) is 19.1. The number of methoxy groups -OCH3 is 1. The minimum absolute atomic E-state index is 0.0525. The van der Waals surface area contributed by atoms with Crippen molar-refractivity contribution in [2.45, 2.75) is 6.54 Å². The highest BCUT2D eigenvalue weighted by atomic mass is 32.1. The summed E-state index contributed by atoms with van der Waals surface area (Å²) in [5, 5.41) is 2.10. The number of para-hydroxylation sites is 2. The second kappa shape index (κ2) is 9.33. The van der Waals surface area contributed by atoms with Crippen molar-refractivity contribution < 1.29 is 19.1 Å². The Balaban J connectivity index is 1.64. The minimum Gasteiger partial charge on any atom is -0.468 e. The highest BCUT2D eigenvalue weighted by Gasteiger charge is 2.16. The first-order valence-electron chi connectivity index (χ1n) is 10.6. The number of hydrogen-bond donors (Lipinski definition) is 0. The van der Waals surface area contributed by atoms with Crippen LogP contribution >= 0.6 is 11.3 Å². The summed E-state index contributed by atoms with van der Waals surface area (Å²) >= 11 is 1.37.